The zero-order valence-corrected chi connectivity index (χ0v) is 14.7. The first-order valence-electron chi connectivity index (χ1n) is 8.72. The largest absolute Gasteiger partial charge is 0.383 e. The van der Waals surface area contributed by atoms with E-state index in [1.807, 2.05) is 66.9 Å². The molecule has 2 aromatic carbocycles. The Bertz CT molecular complexity index is 972. The van der Waals surface area contributed by atoms with Gasteiger partial charge in [-0.1, -0.05) is 66.7 Å². The van der Waals surface area contributed by atoms with Crippen LogP contribution in [0.4, 0.5) is 0 Å². The molecule has 1 N–H and O–H groups in total. The quantitative estimate of drug-likeness (QED) is 0.574. The van der Waals surface area contributed by atoms with E-state index in [1.165, 1.54) is 11.0 Å². The van der Waals surface area contributed by atoms with Crippen molar-refractivity contribution in [1.29, 1.82) is 0 Å². The van der Waals surface area contributed by atoms with Gasteiger partial charge in [-0.05, 0) is 27.6 Å². The zero-order valence-electron chi connectivity index (χ0n) is 14.7. The molecule has 0 unspecified atom stereocenters. The van der Waals surface area contributed by atoms with Gasteiger partial charge in [0.2, 0.25) is 0 Å². The second kappa shape index (κ2) is 7.47. The van der Waals surface area contributed by atoms with Crippen LogP contribution in [0, 0.1) is 0 Å². The molecule has 0 aliphatic heterocycles. The molecule has 0 saturated carbocycles. The van der Waals surface area contributed by atoms with Gasteiger partial charge in [0.1, 0.15) is 11.9 Å². The van der Waals surface area contributed by atoms with Crippen molar-refractivity contribution in [2.75, 3.05) is 0 Å². The fourth-order valence-electron chi connectivity index (χ4n) is 3.15. The first kappa shape index (κ1) is 17.1. The van der Waals surface area contributed by atoms with Crippen molar-refractivity contribution in [2.24, 2.45) is 0 Å². The van der Waals surface area contributed by atoms with Crippen molar-refractivity contribution < 1.29 is 5.11 Å². The van der Waals surface area contributed by atoms with E-state index in [1.54, 1.807) is 0 Å². The summed E-state index contributed by atoms with van der Waals surface area (Å²) in [5.74, 6) is 0. The van der Waals surface area contributed by atoms with Gasteiger partial charge >= 0.3 is 0 Å². The Balaban J connectivity index is 1.62. The third kappa shape index (κ3) is 3.91. The summed E-state index contributed by atoms with van der Waals surface area (Å²) < 4.78 is 1.53. The molecule has 1 atom stereocenters. The van der Waals surface area contributed by atoms with Crippen molar-refractivity contribution >= 4 is 0 Å². The van der Waals surface area contributed by atoms with E-state index >= 15 is 0 Å². The van der Waals surface area contributed by atoms with Crippen LogP contribution < -0.4 is 0 Å². The average Bonchev–Trinajstić information content (AvgIpc) is 3.23. The maximum Gasteiger partial charge on any atom is 0.138 e. The van der Waals surface area contributed by atoms with Crippen LogP contribution in [0.5, 0.6) is 0 Å². The van der Waals surface area contributed by atoms with Crippen LogP contribution in [0.25, 0.3) is 11.1 Å². The predicted octanol–water partition coefficient (Wildman–Crippen LogP) is 2.87. The summed E-state index contributed by atoms with van der Waals surface area (Å²) in [6.45, 7) is 0.242. The van der Waals surface area contributed by atoms with Crippen molar-refractivity contribution in [3.05, 3.63) is 96.6 Å². The molecule has 0 spiro atoms. The van der Waals surface area contributed by atoms with Gasteiger partial charge < -0.3 is 5.11 Å². The van der Waals surface area contributed by atoms with Crippen molar-refractivity contribution in [2.45, 2.75) is 18.6 Å². The molecule has 2 heterocycles. The average molecular weight is 357 g/mol. The molecule has 4 rings (SSSR count). The highest BCUT2D eigenvalue weighted by Gasteiger charge is 2.31. The standard InChI is InChI=1S/C21H19N5O/c27-21(15-26-16-23-24-25-26,19-9-5-2-6-10-19)13-20-12-11-18(14-22-20)17-7-3-1-4-8-17/h1-12,14,16,27H,13,15H2/t21-/m1/s1. The normalized spacial score (nSPS) is 13.2. The molecule has 2 aromatic heterocycles. The van der Waals surface area contributed by atoms with Crippen molar-refractivity contribution in [3.63, 3.8) is 0 Å². The molecule has 6 nitrogen and oxygen atoms in total. The van der Waals surface area contributed by atoms with Gasteiger partial charge in [-0.3, -0.25) is 4.98 Å². The van der Waals surface area contributed by atoms with E-state index in [2.05, 4.69) is 32.6 Å². The minimum atomic E-state index is -1.17. The summed E-state index contributed by atoms with van der Waals surface area (Å²) >= 11 is 0. The summed E-state index contributed by atoms with van der Waals surface area (Å²) in [5.41, 5.74) is 2.59. The smallest absolute Gasteiger partial charge is 0.138 e. The molecule has 4 aromatic rings. The Kier molecular flexibility index (Phi) is 4.72. The highest BCUT2D eigenvalue weighted by atomic mass is 16.3. The lowest BCUT2D eigenvalue weighted by atomic mass is 9.88. The second-order valence-corrected chi connectivity index (χ2v) is 6.49. The van der Waals surface area contributed by atoms with E-state index < -0.39 is 5.60 Å². The summed E-state index contributed by atoms with van der Waals surface area (Å²) in [4.78, 5) is 4.57. The van der Waals surface area contributed by atoms with Gasteiger partial charge in [0.05, 0.1) is 6.54 Å². The second-order valence-electron chi connectivity index (χ2n) is 6.49. The van der Waals surface area contributed by atoms with Gasteiger partial charge in [0, 0.05) is 23.9 Å². The first-order chi connectivity index (χ1) is 13.2. The summed E-state index contributed by atoms with van der Waals surface area (Å²) in [7, 11) is 0. The lowest BCUT2D eigenvalue weighted by Crippen LogP contribution is -2.34. The monoisotopic (exact) mass is 357 g/mol. The van der Waals surface area contributed by atoms with E-state index in [0.717, 1.165) is 22.4 Å². The van der Waals surface area contributed by atoms with Crippen LogP contribution in [-0.2, 0) is 18.6 Å². The fourth-order valence-corrected chi connectivity index (χ4v) is 3.15. The maximum absolute atomic E-state index is 11.4. The molecule has 0 bridgehead atoms. The third-order valence-corrected chi connectivity index (χ3v) is 4.53. The topological polar surface area (TPSA) is 76.7 Å². The highest BCUT2D eigenvalue weighted by Crippen LogP contribution is 2.28. The Morgan fingerprint density at radius 2 is 1.59 bits per heavy atom. The molecule has 0 aliphatic rings. The van der Waals surface area contributed by atoms with Crippen molar-refractivity contribution in [3.8, 4) is 11.1 Å². The molecule has 0 radical (unpaired) electrons. The number of aliphatic hydroxyl groups is 1. The highest BCUT2D eigenvalue weighted by molar-refractivity contribution is 5.62. The van der Waals surface area contributed by atoms with Crippen LogP contribution >= 0.6 is 0 Å². The molecule has 6 heteroatoms. The van der Waals surface area contributed by atoms with Crippen LogP contribution in [0.15, 0.2) is 85.3 Å². The van der Waals surface area contributed by atoms with Gasteiger partial charge in [0.15, 0.2) is 0 Å². The van der Waals surface area contributed by atoms with Crippen LogP contribution in [0.3, 0.4) is 0 Å². The van der Waals surface area contributed by atoms with E-state index in [0.29, 0.717) is 6.42 Å². The number of hydrogen-bond donors (Lipinski definition) is 1. The Hall–Kier alpha value is -3.38. The molecular formula is C21H19N5O. The number of hydrogen-bond acceptors (Lipinski definition) is 5. The summed E-state index contributed by atoms with van der Waals surface area (Å²) in [6.07, 6.45) is 3.69. The Morgan fingerprint density at radius 1 is 0.852 bits per heavy atom. The molecule has 0 amide bonds. The molecule has 134 valence electrons. The molecule has 0 saturated heterocycles. The minimum absolute atomic E-state index is 0.242. The fraction of sp³-hybridized carbons (Fsp3) is 0.143. The molecular weight excluding hydrogens is 338 g/mol. The van der Waals surface area contributed by atoms with Crippen molar-refractivity contribution in [1.82, 2.24) is 25.2 Å². The van der Waals surface area contributed by atoms with Gasteiger partial charge in [0.25, 0.3) is 0 Å². The zero-order chi connectivity index (χ0) is 18.5. The van der Waals surface area contributed by atoms with E-state index in [9.17, 15) is 5.11 Å². The number of aromatic nitrogens is 5. The number of tetrazole rings is 1. The number of pyridine rings is 1. The van der Waals surface area contributed by atoms with E-state index in [-0.39, 0.29) is 6.54 Å². The number of rotatable bonds is 6. The summed E-state index contributed by atoms with van der Waals surface area (Å²) in [6, 6.07) is 23.6. The SMILES string of the molecule is O[C@](Cc1ccc(-c2ccccc2)cn1)(Cn1cnnn1)c1ccccc1. The molecule has 0 aliphatic carbocycles. The lowest BCUT2D eigenvalue weighted by molar-refractivity contribution is 0.0137. The van der Waals surface area contributed by atoms with Gasteiger partial charge in [-0.15, -0.1) is 5.10 Å². The van der Waals surface area contributed by atoms with Gasteiger partial charge in [-0.2, -0.15) is 0 Å². The molecule has 0 fully saturated rings. The van der Waals surface area contributed by atoms with Gasteiger partial charge in [-0.25, -0.2) is 4.68 Å². The number of benzene rings is 2. The van der Waals surface area contributed by atoms with Crippen LogP contribution in [0.1, 0.15) is 11.3 Å². The number of nitrogens with zero attached hydrogens (tertiary/aromatic N) is 5. The lowest BCUT2D eigenvalue weighted by Gasteiger charge is -2.28. The molecule has 27 heavy (non-hydrogen) atoms. The Morgan fingerprint density at radius 3 is 2.22 bits per heavy atom. The Labute approximate surface area is 157 Å². The van der Waals surface area contributed by atoms with E-state index in [4.69, 9.17) is 0 Å². The third-order valence-electron chi connectivity index (χ3n) is 4.53. The first-order valence-corrected chi connectivity index (χ1v) is 8.72. The van der Waals surface area contributed by atoms with Crippen LogP contribution in [-0.4, -0.2) is 30.3 Å². The maximum atomic E-state index is 11.4. The predicted molar refractivity (Wildman–Crippen MR) is 102 cm³/mol. The summed E-state index contributed by atoms with van der Waals surface area (Å²) in [5, 5.41) is 22.7. The minimum Gasteiger partial charge on any atom is -0.383 e. The van der Waals surface area contributed by atoms with Crippen LogP contribution in [0.2, 0.25) is 0 Å².